The molecule has 0 heterocycles. The molecule has 0 atom stereocenters. The van der Waals surface area contributed by atoms with E-state index in [1.165, 1.54) is 12.0 Å². The van der Waals surface area contributed by atoms with Crippen molar-refractivity contribution in [2.24, 2.45) is 5.73 Å². The molecule has 2 N–H and O–H groups in total. The molecule has 76 valence electrons. The normalized spacial score (nSPS) is 9.57. The molecule has 4 nitrogen and oxygen atoms in total. The van der Waals surface area contributed by atoms with Gasteiger partial charge in [0.15, 0.2) is 5.75 Å². The van der Waals surface area contributed by atoms with Crippen molar-refractivity contribution in [3.05, 3.63) is 30.3 Å². The van der Waals surface area contributed by atoms with Crippen LogP contribution in [0.25, 0.3) is 0 Å². The summed E-state index contributed by atoms with van der Waals surface area (Å²) in [5.74, 6) is 0.482. The Morgan fingerprint density at radius 2 is 2.07 bits per heavy atom. The highest BCUT2D eigenvalue weighted by molar-refractivity contribution is 5.72. The van der Waals surface area contributed by atoms with Gasteiger partial charge in [0.25, 0.3) is 5.91 Å². The molecule has 0 aliphatic rings. The van der Waals surface area contributed by atoms with Gasteiger partial charge in [-0.2, -0.15) is 5.06 Å². The fraction of sp³-hybridized carbons (Fsp3) is 0.300. The van der Waals surface area contributed by atoms with E-state index in [4.69, 9.17) is 10.6 Å². The van der Waals surface area contributed by atoms with Crippen molar-refractivity contribution in [1.82, 2.24) is 5.06 Å². The SMILES string of the molecule is CC(=O)N(CCN)Oc1ccccc1. The van der Waals surface area contributed by atoms with Gasteiger partial charge in [0.05, 0.1) is 6.54 Å². The van der Waals surface area contributed by atoms with Crippen LogP contribution >= 0.6 is 0 Å². The first-order valence-corrected chi connectivity index (χ1v) is 4.45. The second kappa shape index (κ2) is 5.24. The van der Waals surface area contributed by atoms with Gasteiger partial charge in [-0.05, 0) is 12.1 Å². The highest BCUT2D eigenvalue weighted by Crippen LogP contribution is 2.10. The molecular weight excluding hydrogens is 180 g/mol. The van der Waals surface area contributed by atoms with Crippen LogP contribution in [0, 0.1) is 0 Å². The number of benzene rings is 1. The van der Waals surface area contributed by atoms with Crippen molar-refractivity contribution in [1.29, 1.82) is 0 Å². The zero-order chi connectivity index (χ0) is 10.4. The van der Waals surface area contributed by atoms with Crippen molar-refractivity contribution in [3.63, 3.8) is 0 Å². The van der Waals surface area contributed by atoms with Crippen molar-refractivity contribution in [3.8, 4) is 5.75 Å². The second-order valence-corrected chi connectivity index (χ2v) is 2.81. The largest absolute Gasteiger partial charge is 0.377 e. The molecule has 1 aromatic carbocycles. The second-order valence-electron chi connectivity index (χ2n) is 2.81. The number of nitrogens with two attached hydrogens (primary N) is 1. The number of hydrogen-bond donors (Lipinski definition) is 1. The first kappa shape index (κ1) is 10.5. The zero-order valence-electron chi connectivity index (χ0n) is 8.14. The zero-order valence-corrected chi connectivity index (χ0v) is 8.14. The Morgan fingerprint density at radius 1 is 1.43 bits per heavy atom. The van der Waals surface area contributed by atoms with Crippen molar-refractivity contribution in [2.45, 2.75) is 6.92 Å². The Kier molecular flexibility index (Phi) is 3.94. The first-order chi connectivity index (χ1) is 6.74. The Labute approximate surface area is 83.2 Å². The van der Waals surface area contributed by atoms with E-state index in [1.807, 2.05) is 18.2 Å². The van der Waals surface area contributed by atoms with E-state index in [-0.39, 0.29) is 5.91 Å². The fourth-order valence-corrected chi connectivity index (χ4v) is 0.993. The molecule has 1 amide bonds. The van der Waals surface area contributed by atoms with Crippen LogP contribution in [-0.4, -0.2) is 24.1 Å². The molecule has 1 aromatic rings. The lowest BCUT2D eigenvalue weighted by Gasteiger charge is -2.19. The third-order valence-corrected chi connectivity index (χ3v) is 1.64. The van der Waals surface area contributed by atoms with Crippen molar-refractivity contribution >= 4 is 5.91 Å². The predicted molar refractivity (Wildman–Crippen MR) is 53.5 cm³/mol. The topological polar surface area (TPSA) is 55.6 Å². The minimum atomic E-state index is -0.153. The van der Waals surface area contributed by atoms with Crippen LogP contribution < -0.4 is 10.6 Å². The van der Waals surface area contributed by atoms with Crippen LogP contribution in [0.1, 0.15) is 6.92 Å². The van der Waals surface area contributed by atoms with E-state index < -0.39 is 0 Å². The Bertz CT molecular complexity index is 287. The number of carbonyl (C=O) groups excluding carboxylic acids is 1. The number of para-hydroxylation sites is 1. The number of hydroxylamine groups is 2. The summed E-state index contributed by atoms with van der Waals surface area (Å²) < 4.78 is 0. The molecule has 0 spiro atoms. The minimum absolute atomic E-state index is 0.153. The maximum Gasteiger partial charge on any atom is 0.252 e. The average molecular weight is 194 g/mol. The molecule has 0 saturated heterocycles. The molecule has 0 radical (unpaired) electrons. The van der Waals surface area contributed by atoms with Gasteiger partial charge in [0.2, 0.25) is 0 Å². The summed E-state index contributed by atoms with van der Waals surface area (Å²) in [4.78, 5) is 16.4. The van der Waals surface area contributed by atoms with Gasteiger partial charge in [-0.15, -0.1) is 0 Å². The summed E-state index contributed by atoms with van der Waals surface area (Å²) >= 11 is 0. The molecular formula is C10H14N2O2. The van der Waals surface area contributed by atoms with E-state index in [1.54, 1.807) is 12.1 Å². The monoisotopic (exact) mass is 194 g/mol. The predicted octanol–water partition coefficient (Wildman–Crippen LogP) is 0.788. The van der Waals surface area contributed by atoms with Gasteiger partial charge in [-0.3, -0.25) is 4.79 Å². The highest BCUT2D eigenvalue weighted by Gasteiger charge is 2.08. The molecule has 0 bridgehead atoms. The summed E-state index contributed by atoms with van der Waals surface area (Å²) in [6.45, 7) is 2.22. The molecule has 0 saturated carbocycles. The third kappa shape index (κ3) is 3.06. The maximum atomic E-state index is 11.1. The van der Waals surface area contributed by atoms with Crippen LogP contribution in [0.2, 0.25) is 0 Å². The van der Waals surface area contributed by atoms with E-state index in [9.17, 15) is 4.79 Å². The summed E-state index contributed by atoms with van der Waals surface area (Å²) in [6.07, 6.45) is 0. The number of nitrogens with zero attached hydrogens (tertiary/aromatic N) is 1. The number of hydrogen-bond acceptors (Lipinski definition) is 3. The molecule has 14 heavy (non-hydrogen) atoms. The molecule has 0 aliphatic carbocycles. The van der Waals surface area contributed by atoms with E-state index in [2.05, 4.69) is 0 Å². The first-order valence-electron chi connectivity index (χ1n) is 4.45. The third-order valence-electron chi connectivity index (χ3n) is 1.64. The highest BCUT2D eigenvalue weighted by atomic mass is 16.7. The Balaban J connectivity index is 2.60. The molecule has 0 aromatic heterocycles. The lowest BCUT2D eigenvalue weighted by Crippen LogP contribution is -2.36. The lowest BCUT2D eigenvalue weighted by molar-refractivity contribution is -0.154. The summed E-state index contributed by atoms with van der Waals surface area (Å²) in [6, 6.07) is 9.14. The Hall–Kier alpha value is -1.55. The fourth-order valence-electron chi connectivity index (χ4n) is 0.993. The van der Waals surface area contributed by atoms with Gasteiger partial charge in [-0.25, -0.2) is 0 Å². The van der Waals surface area contributed by atoms with Crippen molar-refractivity contribution in [2.75, 3.05) is 13.1 Å². The molecule has 1 rings (SSSR count). The van der Waals surface area contributed by atoms with Crippen LogP contribution in [0.5, 0.6) is 5.75 Å². The molecule has 0 unspecified atom stereocenters. The lowest BCUT2D eigenvalue weighted by atomic mass is 10.3. The van der Waals surface area contributed by atoms with Crippen LogP contribution in [0.3, 0.4) is 0 Å². The van der Waals surface area contributed by atoms with Gasteiger partial charge in [-0.1, -0.05) is 18.2 Å². The summed E-state index contributed by atoms with van der Waals surface area (Å²) in [7, 11) is 0. The van der Waals surface area contributed by atoms with E-state index >= 15 is 0 Å². The van der Waals surface area contributed by atoms with Crippen LogP contribution in [-0.2, 0) is 4.79 Å². The standard InChI is InChI=1S/C10H14N2O2/c1-9(13)12(8-7-11)14-10-5-3-2-4-6-10/h2-6H,7-8,11H2,1H3. The van der Waals surface area contributed by atoms with Crippen LogP contribution in [0.4, 0.5) is 0 Å². The van der Waals surface area contributed by atoms with Crippen LogP contribution in [0.15, 0.2) is 30.3 Å². The van der Waals surface area contributed by atoms with Gasteiger partial charge in [0, 0.05) is 13.5 Å². The number of amides is 1. The van der Waals surface area contributed by atoms with Gasteiger partial charge in [0.1, 0.15) is 0 Å². The molecule has 4 heteroatoms. The molecule has 0 aliphatic heterocycles. The minimum Gasteiger partial charge on any atom is -0.377 e. The Morgan fingerprint density at radius 3 is 2.57 bits per heavy atom. The summed E-state index contributed by atoms with van der Waals surface area (Å²) in [5, 5.41) is 1.25. The average Bonchev–Trinajstić information content (AvgIpc) is 2.18. The maximum absolute atomic E-state index is 11.1. The smallest absolute Gasteiger partial charge is 0.252 e. The number of rotatable bonds is 4. The number of carbonyl (C=O) groups is 1. The summed E-state index contributed by atoms with van der Waals surface area (Å²) in [5.41, 5.74) is 5.35. The van der Waals surface area contributed by atoms with Gasteiger partial charge < -0.3 is 10.6 Å². The van der Waals surface area contributed by atoms with Gasteiger partial charge >= 0.3 is 0 Å². The van der Waals surface area contributed by atoms with E-state index in [0.29, 0.717) is 18.8 Å². The molecule has 0 fully saturated rings. The quantitative estimate of drug-likeness (QED) is 0.721. The van der Waals surface area contributed by atoms with Crippen molar-refractivity contribution < 1.29 is 9.63 Å². The van der Waals surface area contributed by atoms with E-state index in [0.717, 1.165) is 0 Å².